The number of hydrogen-bond acceptors (Lipinski definition) is 2. The Balaban J connectivity index is 2.92. The van der Waals surface area contributed by atoms with Gasteiger partial charge in [-0.15, -0.1) is 0 Å². The SMILES string of the molecule is CC=N/C=C1/C=C(C)C=CC1=N. The number of nitrogens with one attached hydrogen (secondary N) is 1. The van der Waals surface area contributed by atoms with Crippen LogP contribution in [0.15, 0.2) is 40.6 Å². The monoisotopic (exact) mass is 160 g/mol. The van der Waals surface area contributed by atoms with Crippen molar-refractivity contribution in [2.24, 2.45) is 4.99 Å². The average Bonchev–Trinajstić information content (AvgIpc) is 2.07. The van der Waals surface area contributed by atoms with E-state index in [2.05, 4.69) is 4.99 Å². The van der Waals surface area contributed by atoms with Gasteiger partial charge in [0.05, 0.1) is 5.71 Å². The van der Waals surface area contributed by atoms with Gasteiger partial charge < -0.3 is 5.41 Å². The van der Waals surface area contributed by atoms with E-state index in [0.29, 0.717) is 5.71 Å². The lowest BCUT2D eigenvalue weighted by Gasteiger charge is -2.05. The van der Waals surface area contributed by atoms with Gasteiger partial charge in [0.1, 0.15) is 0 Å². The van der Waals surface area contributed by atoms with Crippen molar-refractivity contribution in [2.45, 2.75) is 13.8 Å². The van der Waals surface area contributed by atoms with Crippen LogP contribution in [0.4, 0.5) is 0 Å². The molecule has 0 aromatic carbocycles. The number of allylic oxidation sites excluding steroid dienone is 5. The summed E-state index contributed by atoms with van der Waals surface area (Å²) in [5, 5.41) is 7.54. The largest absolute Gasteiger partial charge is 0.300 e. The molecule has 0 bridgehead atoms. The predicted molar refractivity (Wildman–Crippen MR) is 52.9 cm³/mol. The molecule has 1 N–H and O–H groups in total. The van der Waals surface area contributed by atoms with Crippen molar-refractivity contribution in [1.82, 2.24) is 0 Å². The van der Waals surface area contributed by atoms with Crippen LogP contribution in [0, 0.1) is 5.41 Å². The fourth-order valence-electron chi connectivity index (χ4n) is 0.944. The molecular weight excluding hydrogens is 148 g/mol. The number of rotatable bonds is 1. The van der Waals surface area contributed by atoms with Gasteiger partial charge in [0, 0.05) is 18.0 Å². The zero-order chi connectivity index (χ0) is 8.97. The van der Waals surface area contributed by atoms with E-state index in [1.165, 1.54) is 0 Å². The van der Waals surface area contributed by atoms with Crippen molar-refractivity contribution in [3.8, 4) is 0 Å². The Morgan fingerprint density at radius 1 is 1.42 bits per heavy atom. The molecule has 0 aromatic heterocycles. The van der Waals surface area contributed by atoms with E-state index < -0.39 is 0 Å². The van der Waals surface area contributed by atoms with Gasteiger partial charge in [-0.1, -0.05) is 11.6 Å². The third-order valence-corrected chi connectivity index (χ3v) is 1.57. The van der Waals surface area contributed by atoms with Crippen molar-refractivity contribution < 1.29 is 0 Å². The molecule has 0 aliphatic heterocycles. The van der Waals surface area contributed by atoms with E-state index in [4.69, 9.17) is 5.41 Å². The summed E-state index contributed by atoms with van der Waals surface area (Å²) in [6.45, 7) is 3.86. The van der Waals surface area contributed by atoms with Gasteiger partial charge in [-0.2, -0.15) is 0 Å². The van der Waals surface area contributed by atoms with E-state index in [9.17, 15) is 0 Å². The van der Waals surface area contributed by atoms with Crippen molar-refractivity contribution in [1.29, 1.82) is 5.41 Å². The fraction of sp³-hybridized carbons (Fsp3) is 0.200. The minimum absolute atomic E-state index is 0.520. The Kier molecular flexibility index (Phi) is 2.75. The van der Waals surface area contributed by atoms with Crippen LogP contribution in [0.25, 0.3) is 0 Å². The maximum Gasteiger partial charge on any atom is 0.0627 e. The molecule has 12 heavy (non-hydrogen) atoms. The van der Waals surface area contributed by atoms with Crippen LogP contribution in [0.2, 0.25) is 0 Å². The van der Waals surface area contributed by atoms with Crippen molar-refractivity contribution in [2.75, 3.05) is 0 Å². The minimum atomic E-state index is 0.520. The van der Waals surface area contributed by atoms with Crippen LogP contribution >= 0.6 is 0 Å². The molecule has 2 nitrogen and oxygen atoms in total. The van der Waals surface area contributed by atoms with Crippen LogP contribution in [0.5, 0.6) is 0 Å². The number of hydrogen-bond donors (Lipinski definition) is 1. The second-order valence-corrected chi connectivity index (χ2v) is 2.63. The maximum atomic E-state index is 7.54. The second kappa shape index (κ2) is 3.81. The van der Waals surface area contributed by atoms with Crippen LogP contribution in [-0.2, 0) is 0 Å². The smallest absolute Gasteiger partial charge is 0.0627 e. The predicted octanol–water partition coefficient (Wildman–Crippen LogP) is 2.50. The molecule has 0 heterocycles. The van der Waals surface area contributed by atoms with Crippen LogP contribution in [-0.4, -0.2) is 11.9 Å². The molecule has 0 radical (unpaired) electrons. The number of nitrogens with zero attached hydrogens (tertiary/aromatic N) is 1. The van der Waals surface area contributed by atoms with Crippen molar-refractivity contribution >= 4 is 11.9 Å². The molecule has 1 rings (SSSR count). The van der Waals surface area contributed by atoms with E-state index in [-0.39, 0.29) is 0 Å². The molecule has 0 amide bonds. The maximum absolute atomic E-state index is 7.54. The lowest BCUT2D eigenvalue weighted by atomic mass is 10.0. The highest BCUT2D eigenvalue weighted by atomic mass is 14.7. The molecule has 0 unspecified atom stereocenters. The third kappa shape index (κ3) is 2.02. The molecule has 0 atom stereocenters. The topological polar surface area (TPSA) is 36.2 Å². The second-order valence-electron chi connectivity index (χ2n) is 2.63. The van der Waals surface area contributed by atoms with E-state index >= 15 is 0 Å². The highest BCUT2D eigenvalue weighted by Crippen LogP contribution is 2.12. The molecule has 1 aliphatic carbocycles. The molecule has 2 heteroatoms. The first-order chi connectivity index (χ1) is 5.74. The Hall–Kier alpha value is -1.44. The highest BCUT2D eigenvalue weighted by molar-refractivity contribution is 6.09. The fourth-order valence-corrected chi connectivity index (χ4v) is 0.944. The molecule has 0 aromatic rings. The average molecular weight is 160 g/mol. The van der Waals surface area contributed by atoms with Crippen LogP contribution in [0.3, 0.4) is 0 Å². The van der Waals surface area contributed by atoms with Gasteiger partial charge in [0.25, 0.3) is 0 Å². The molecule has 62 valence electrons. The van der Waals surface area contributed by atoms with Crippen molar-refractivity contribution in [3.63, 3.8) is 0 Å². The van der Waals surface area contributed by atoms with E-state index in [1.807, 2.05) is 26.0 Å². The van der Waals surface area contributed by atoms with Crippen molar-refractivity contribution in [3.05, 3.63) is 35.6 Å². The molecule has 0 saturated carbocycles. The normalized spacial score (nSPS) is 20.7. The summed E-state index contributed by atoms with van der Waals surface area (Å²) in [7, 11) is 0. The summed E-state index contributed by atoms with van der Waals surface area (Å²) in [6, 6.07) is 0. The van der Waals surface area contributed by atoms with Gasteiger partial charge in [0.15, 0.2) is 0 Å². The minimum Gasteiger partial charge on any atom is -0.300 e. The highest BCUT2D eigenvalue weighted by Gasteiger charge is 2.02. The van der Waals surface area contributed by atoms with Crippen LogP contribution in [0.1, 0.15) is 13.8 Å². The Morgan fingerprint density at radius 3 is 2.83 bits per heavy atom. The van der Waals surface area contributed by atoms with Gasteiger partial charge in [-0.3, -0.25) is 4.99 Å². The van der Waals surface area contributed by atoms with Crippen LogP contribution < -0.4 is 0 Å². The molecule has 0 saturated heterocycles. The van der Waals surface area contributed by atoms with E-state index in [1.54, 1.807) is 18.5 Å². The lowest BCUT2D eigenvalue weighted by Crippen LogP contribution is -1.99. The summed E-state index contributed by atoms with van der Waals surface area (Å²) in [6.07, 6.45) is 9.08. The molecular formula is C10H12N2. The Morgan fingerprint density at radius 2 is 2.17 bits per heavy atom. The Bertz CT molecular complexity index is 304. The summed E-state index contributed by atoms with van der Waals surface area (Å²) in [5.41, 5.74) is 2.54. The summed E-state index contributed by atoms with van der Waals surface area (Å²) < 4.78 is 0. The van der Waals surface area contributed by atoms with Gasteiger partial charge in [0.2, 0.25) is 0 Å². The zero-order valence-corrected chi connectivity index (χ0v) is 7.33. The van der Waals surface area contributed by atoms with E-state index in [0.717, 1.165) is 11.1 Å². The molecule has 0 spiro atoms. The zero-order valence-electron chi connectivity index (χ0n) is 7.33. The first kappa shape index (κ1) is 8.65. The standard InChI is InChI=1S/C10H12N2/c1-3-12-7-9-6-8(2)4-5-10(9)11/h3-7,11H,1-2H3/b9-7-,11-10?,12-3?. The summed E-state index contributed by atoms with van der Waals surface area (Å²) >= 11 is 0. The quantitative estimate of drug-likeness (QED) is 0.572. The van der Waals surface area contributed by atoms with Gasteiger partial charge in [-0.05, 0) is 26.0 Å². The lowest BCUT2D eigenvalue weighted by molar-refractivity contribution is 1.41. The van der Waals surface area contributed by atoms with Gasteiger partial charge >= 0.3 is 0 Å². The molecule has 0 fully saturated rings. The number of aliphatic imine (C=N–C) groups is 1. The first-order valence-electron chi connectivity index (χ1n) is 3.87. The summed E-state index contributed by atoms with van der Waals surface area (Å²) in [5.74, 6) is 0. The summed E-state index contributed by atoms with van der Waals surface area (Å²) in [4.78, 5) is 3.97. The van der Waals surface area contributed by atoms with Gasteiger partial charge in [-0.25, -0.2) is 0 Å². The first-order valence-corrected chi connectivity index (χ1v) is 3.87. The third-order valence-electron chi connectivity index (χ3n) is 1.57. The molecule has 1 aliphatic rings. The Labute approximate surface area is 72.5 Å².